The van der Waals surface area contributed by atoms with Crippen molar-refractivity contribution in [2.45, 2.75) is 18.9 Å². The monoisotopic (exact) mass is 586 g/mol. The number of carbonyl (C=O) groups is 3. The van der Waals surface area contributed by atoms with Crippen LogP contribution in [0.15, 0.2) is 36.5 Å². The van der Waals surface area contributed by atoms with Crippen molar-refractivity contribution in [3.8, 4) is 17.0 Å². The molecule has 13 heteroatoms. The highest BCUT2D eigenvalue weighted by Gasteiger charge is 2.31. The molecular formula is C28H29ClF2N6O4. The van der Waals surface area contributed by atoms with Crippen LogP contribution in [0.25, 0.3) is 11.3 Å². The summed E-state index contributed by atoms with van der Waals surface area (Å²) in [6, 6.07) is 7.04. The Morgan fingerprint density at radius 2 is 1.95 bits per heavy atom. The van der Waals surface area contributed by atoms with Gasteiger partial charge in [0.05, 0.1) is 35.5 Å². The summed E-state index contributed by atoms with van der Waals surface area (Å²) in [6.45, 7) is 2.37. The van der Waals surface area contributed by atoms with Crippen LogP contribution < -0.4 is 20.7 Å². The Morgan fingerprint density at radius 3 is 2.66 bits per heavy atom. The number of imidazole rings is 1. The van der Waals surface area contributed by atoms with Crippen molar-refractivity contribution < 1.29 is 27.9 Å². The van der Waals surface area contributed by atoms with Gasteiger partial charge in [0.15, 0.2) is 17.4 Å². The Balaban J connectivity index is 1.23. The third-order valence-electron chi connectivity index (χ3n) is 7.44. The molecule has 3 N–H and O–H groups in total. The van der Waals surface area contributed by atoms with E-state index in [1.54, 1.807) is 11.0 Å². The number of methoxy groups -OCH3 is 1. The number of amides is 3. The fraction of sp³-hybridized carbons (Fsp3) is 0.357. The zero-order valence-electron chi connectivity index (χ0n) is 22.5. The molecule has 0 aliphatic carbocycles. The van der Waals surface area contributed by atoms with E-state index in [0.717, 1.165) is 13.0 Å². The second-order valence-electron chi connectivity index (χ2n) is 10.1. The van der Waals surface area contributed by atoms with E-state index in [4.69, 9.17) is 16.3 Å². The Labute approximate surface area is 240 Å². The molecule has 2 fully saturated rings. The predicted octanol–water partition coefficient (Wildman–Crippen LogP) is 3.22. The normalized spacial score (nSPS) is 18.4. The molecule has 2 atom stereocenters. The zero-order valence-corrected chi connectivity index (χ0v) is 23.2. The van der Waals surface area contributed by atoms with E-state index < -0.39 is 17.5 Å². The SMILES string of the molecule is COc1ccc(-c2cnc(C(=O)Nc3ccc(C(=O)N4CCC(NC(=O)C5CCNC5)C4)c(Cl)c3)n2C)c(F)c1F. The summed E-state index contributed by atoms with van der Waals surface area (Å²) in [5, 5.41) is 9.03. The van der Waals surface area contributed by atoms with Crippen LogP contribution in [0.2, 0.25) is 5.02 Å². The molecule has 1 aromatic heterocycles. The van der Waals surface area contributed by atoms with Crippen molar-refractivity contribution in [1.29, 1.82) is 0 Å². The van der Waals surface area contributed by atoms with Gasteiger partial charge in [-0.25, -0.2) is 9.37 Å². The molecule has 216 valence electrons. The van der Waals surface area contributed by atoms with Crippen LogP contribution in [0.1, 0.15) is 33.8 Å². The molecule has 3 heterocycles. The van der Waals surface area contributed by atoms with E-state index in [1.165, 1.54) is 49.2 Å². The van der Waals surface area contributed by atoms with Gasteiger partial charge in [-0.3, -0.25) is 14.4 Å². The molecule has 41 heavy (non-hydrogen) atoms. The fourth-order valence-corrected chi connectivity index (χ4v) is 5.40. The number of halogens is 3. The van der Waals surface area contributed by atoms with Crippen LogP contribution in [-0.4, -0.2) is 71.5 Å². The summed E-state index contributed by atoms with van der Waals surface area (Å²) in [6.07, 6.45) is 2.73. The van der Waals surface area contributed by atoms with Gasteiger partial charge in [0.25, 0.3) is 11.8 Å². The highest BCUT2D eigenvalue weighted by Crippen LogP contribution is 2.30. The first-order valence-corrected chi connectivity index (χ1v) is 13.5. The number of ether oxygens (including phenoxy) is 1. The molecule has 0 saturated carbocycles. The van der Waals surface area contributed by atoms with Gasteiger partial charge in [-0.05, 0) is 49.7 Å². The summed E-state index contributed by atoms with van der Waals surface area (Å²) in [4.78, 5) is 44.2. The number of aromatic nitrogens is 2. The van der Waals surface area contributed by atoms with Gasteiger partial charge in [-0.2, -0.15) is 4.39 Å². The second-order valence-corrected chi connectivity index (χ2v) is 10.5. The number of hydrogen-bond donors (Lipinski definition) is 3. The Bertz CT molecular complexity index is 1510. The fourth-order valence-electron chi connectivity index (χ4n) is 5.14. The van der Waals surface area contributed by atoms with Crippen LogP contribution in [0, 0.1) is 17.6 Å². The first-order chi connectivity index (χ1) is 19.7. The van der Waals surface area contributed by atoms with Crippen molar-refractivity contribution in [2.75, 3.05) is 38.6 Å². The minimum absolute atomic E-state index is 0.00792. The molecule has 3 amide bonds. The lowest BCUT2D eigenvalue weighted by Gasteiger charge is -2.19. The molecular weight excluding hydrogens is 558 g/mol. The number of benzene rings is 2. The zero-order chi connectivity index (χ0) is 29.3. The van der Waals surface area contributed by atoms with Crippen LogP contribution >= 0.6 is 11.6 Å². The number of likely N-dealkylation sites (tertiary alicyclic amines) is 1. The second kappa shape index (κ2) is 11.8. The maximum absolute atomic E-state index is 14.6. The molecule has 2 aliphatic rings. The van der Waals surface area contributed by atoms with Gasteiger partial charge in [0.2, 0.25) is 11.7 Å². The van der Waals surface area contributed by atoms with E-state index in [-0.39, 0.29) is 57.2 Å². The third kappa shape index (κ3) is 5.75. The first kappa shape index (κ1) is 28.5. The number of nitrogens with one attached hydrogen (secondary N) is 3. The highest BCUT2D eigenvalue weighted by molar-refractivity contribution is 6.34. The molecule has 3 aromatic rings. The number of anilines is 1. The van der Waals surface area contributed by atoms with Crippen LogP contribution in [0.4, 0.5) is 14.5 Å². The summed E-state index contributed by atoms with van der Waals surface area (Å²) in [7, 11) is 2.74. The number of nitrogens with zero attached hydrogens (tertiary/aromatic N) is 3. The van der Waals surface area contributed by atoms with Gasteiger partial charge in [0.1, 0.15) is 0 Å². The molecule has 2 unspecified atom stereocenters. The minimum Gasteiger partial charge on any atom is -0.494 e. The molecule has 0 radical (unpaired) electrons. The van der Waals surface area contributed by atoms with Gasteiger partial charge < -0.3 is 30.2 Å². The Hall–Kier alpha value is -4.03. The number of hydrogen-bond acceptors (Lipinski definition) is 6. The molecule has 10 nitrogen and oxygen atoms in total. The van der Waals surface area contributed by atoms with E-state index in [0.29, 0.717) is 31.7 Å². The largest absolute Gasteiger partial charge is 0.494 e. The standard InChI is InChI=1S/C28H29ClF2N6O4/c1-36-21(19-5-6-22(41-2)24(31)23(19)30)13-33-25(36)27(39)34-16-3-4-18(20(29)11-16)28(40)37-10-8-17(14-37)35-26(38)15-7-9-32-12-15/h3-6,11,13,15,17,32H,7-10,12,14H2,1-2H3,(H,34,39)(H,35,38). The van der Waals surface area contributed by atoms with E-state index >= 15 is 0 Å². The quantitative estimate of drug-likeness (QED) is 0.391. The lowest BCUT2D eigenvalue weighted by atomic mass is 10.1. The third-order valence-corrected chi connectivity index (χ3v) is 7.76. The Morgan fingerprint density at radius 1 is 1.15 bits per heavy atom. The lowest BCUT2D eigenvalue weighted by molar-refractivity contribution is -0.125. The topological polar surface area (TPSA) is 118 Å². The van der Waals surface area contributed by atoms with E-state index in [1.807, 2.05) is 0 Å². The smallest absolute Gasteiger partial charge is 0.291 e. The van der Waals surface area contributed by atoms with Crippen LogP contribution in [-0.2, 0) is 11.8 Å². The van der Waals surface area contributed by atoms with Crippen molar-refractivity contribution in [3.05, 3.63) is 64.6 Å². The van der Waals surface area contributed by atoms with E-state index in [2.05, 4.69) is 20.9 Å². The Kier molecular flexibility index (Phi) is 8.22. The molecule has 0 spiro atoms. The van der Waals surface area contributed by atoms with E-state index in [9.17, 15) is 23.2 Å². The van der Waals surface area contributed by atoms with Gasteiger partial charge in [-0.1, -0.05) is 11.6 Å². The summed E-state index contributed by atoms with van der Waals surface area (Å²) in [5.41, 5.74) is 0.697. The van der Waals surface area contributed by atoms with Crippen molar-refractivity contribution in [2.24, 2.45) is 13.0 Å². The minimum atomic E-state index is -1.14. The van der Waals surface area contributed by atoms with Gasteiger partial charge in [0, 0.05) is 44.0 Å². The number of rotatable bonds is 7. The summed E-state index contributed by atoms with van der Waals surface area (Å²) < 4.78 is 35.0. The van der Waals surface area contributed by atoms with Crippen molar-refractivity contribution >= 4 is 35.0 Å². The maximum atomic E-state index is 14.6. The highest BCUT2D eigenvalue weighted by atomic mass is 35.5. The van der Waals surface area contributed by atoms with Crippen LogP contribution in [0.5, 0.6) is 5.75 Å². The maximum Gasteiger partial charge on any atom is 0.291 e. The van der Waals surface area contributed by atoms with Crippen LogP contribution in [0.3, 0.4) is 0 Å². The lowest BCUT2D eigenvalue weighted by Crippen LogP contribution is -2.41. The van der Waals surface area contributed by atoms with Crippen molar-refractivity contribution in [1.82, 2.24) is 25.1 Å². The average Bonchev–Trinajstić information content (AvgIpc) is 3.72. The molecule has 2 aliphatic heterocycles. The summed E-state index contributed by atoms with van der Waals surface area (Å²) >= 11 is 6.43. The van der Waals surface area contributed by atoms with Gasteiger partial charge in [-0.15, -0.1) is 0 Å². The molecule has 5 rings (SSSR count). The molecule has 0 bridgehead atoms. The van der Waals surface area contributed by atoms with Crippen molar-refractivity contribution in [3.63, 3.8) is 0 Å². The predicted molar refractivity (Wildman–Crippen MR) is 148 cm³/mol. The molecule has 2 saturated heterocycles. The molecule has 2 aromatic carbocycles. The summed E-state index contributed by atoms with van der Waals surface area (Å²) in [5.74, 6) is -3.46. The number of carbonyl (C=O) groups excluding carboxylic acids is 3. The van der Waals surface area contributed by atoms with Gasteiger partial charge >= 0.3 is 0 Å². The first-order valence-electron chi connectivity index (χ1n) is 13.1. The average molecular weight is 587 g/mol.